The number of aliphatic hydroxyl groups excluding tert-OH is 1. The highest BCUT2D eigenvalue weighted by Crippen LogP contribution is 2.33. The molecular weight excluding hydrogens is 366 g/mol. The smallest absolute Gasteiger partial charge is 0.231 e. The van der Waals surface area contributed by atoms with Gasteiger partial charge in [-0.1, -0.05) is 0 Å². The van der Waals surface area contributed by atoms with Crippen LogP contribution in [0.25, 0.3) is 0 Å². The molecule has 3 aliphatic heterocycles. The molecule has 3 heterocycles. The number of carbonyl (C=O) groups is 1. The summed E-state index contributed by atoms with van der Waals surface area (Å²) >= 11 is 0. The van der Waals surface area contributed by atoms with Gasteiger partial charge in [-0.3, -0.25) is 4.79 Å². The molecule has 0 saturated carbocycles. The largest absolute Gasteiger partial charge is 0.490 e. The number of rotatable bonds is 4. The van der Waals surface area contributed by atoms with Crippen LogP contribution in [0, 0.1) is 5.41 Å². The van der Waals surface area contributed by atoms with Gasteiger partial charge in [-0.2, -0.15) is 0 Å². The average Bonchev–Trinajstić information content (AvgIpc) is 3.25. The minimum absolute atomic E-state index is 0.0344. The van der Waals surface area contributed by atoms with Gasteiger partial charge in [-0.15, -0.1) is 0 Å². The SMILES string of the molecule is CC(C)(CO)C(=O)N1CC2=C(C1)CN(S(=O)c1ccc3c(c1)NCCO3)C2. The van der Waals surface area contributed by atoms with Crippen LogP contribution in [-0.2, 0) is 15.8 Å². The molecule has 1 unspecified atom stereocenters. The lowest BCUT2D eigenvalue weighted by molar-refractivity contribution is -0.141. The Hall–Kier alpha value is -1.90. The molecular formula is C19H25N3O4S. The van der Waals surface area contributed by atoms with Crippen LogP contribution in [0.1, 0.15) is 13.8 Å². The molecule has 0 saturated heterocycles. The summed E-state index contributed by atoms with van der Waals surface area (Å²) in [6, 6.07) is 5.61. The number of hydrogen-bond donors (Lipinski definition) is 2. The fourth-order valence-electron chi connectivity index (χ4n) is 3.68. The van der Waals surface area contributed by atoms with E-state index in [4.69, 9.17) is 4.74 Å². The Balaban J connectivity index is 1.41. The van der Waals surface area contributed by atoms with E-state index in [1.807, 2.05) is 22.5 Å². The zero-order valence-corrected chi connectivity index (χ0v) is 16.5. The lowest BCUT2D eigenvalue weighted by Gasteiger charge is -2.29. The van der Waals surface area contributed by atoms with E-state index in [-0.39, 0.29) is 12.5 Å². The monoisotopic (exact) mass is 391 g/mol. The number of benzene rings is 1. The molecule has 1 amide bonds. The van der Waals surface area contributed by atoms with Crippen molar-refractivity contribution >= 4 is 22.6 Å². The summed E-state index contributed by atoms with van der Waals surface area (Å²) in [6.07, 6.45) is 0. The van der Waals surface area contributed by atoms with Crippen LogP contribution in [0.15, 0.2) is 34.2 Å². The summed E-state index contributed by atoms with van der Waals surface area (Å²) in [5.74, 6) is 0.762. The lowest BCUT2D eigenvalue weighted by Crippen LogP contribution is -2.43. The van der Waals surface area contributed by atoms with Crippen LogP contribution >= 0.6 is 0 Å². The number of nitrogens with zero attached hydrogens (tertiary/aromatic N) is 2. The van der Waals surface area contributed by atoms with Gasteiger partial charge in [-0.05, 0) is 43.2 Å². The number of carbonyl (C=O) groups excluding carboxylic acids is 1. The van der Waals surface area contributed by atoms with Gasteiger partial charge in [0.05, 0.1) is 22.6 Å². The molecule has 1 aromatic carbocycles. The third-order valence-corrected chi connectivity index (χ3v) is 6.71. The van der Waals surface area contributed by atoms with E-state index in [1.165, 1.54) is 11.1 Å². The number of anilines is 1. The Morgan fingerprint density at radius 3 is 2.63 bits per heavy atom. The van der Waals surface area contributed by atoms with Crippen molar-refractivity contribution in [1.29, 1.82) is 0 Å². The van der Waals surface area contributed by atoms with Crippen molar-refractivity contribution in [3.8, 4) is 5.75 Å². The van der Waals surface area contributed by atoms with Crippen molar-refractivity contribution in [3.63, 3.8) is 0 Å². The van der Waals surface area contributed by atoms with Gasteiger partial charge < -0.3 is 20.1 Å². The highest BCUT2D eigenvalue weighted by Gasteiger charge is 2.39. The average molecular weight is 391 g/mol. The summed E-state index contributed by atoms with van der Waals surface area (Å²) in [4.78, 5) is 15.1. The molecule has 2 N–H and O–H groups in total. The summed E-state index contributed by atoms with van der Waals surface area (Å²) < 4.78 is 20.5. The summed E-state index contributed by atoms with van der Waals surface area (Å²) in [6.45, 7) is 7.06. The van der Waals surface area contributed by atoms with Crippen LogP contribution < -0.4 is 10.1 Å². The Kier molecular flexibility index (Phi) is 4.73. The molecule has 1 aromatic rings. The van der Waals surface area contributed by atoms with Gasteiger partial charge in [0.1, 0.15) is 23.3 Å². The molecule has 27 heavy (non-hydrogen) atoms. The van der Waals surface area contributed by atoms with Crippen molar-refractivity contribution in [2.75, 3.05) is 51.3 Å². The van der Waals surface area contributed by atoms with Gasteiger partial charge in [0.2, 0.25) is 5.91 Å². The number of ether oxygens (including phenoxy) is 1. The van der Waals surface area contributed by atoms with Crippen LogP contribution in [0.2, 0.25) is 0 Å². The highest BCUT2D eigenvalue weighted by molar-refractivity contribution is 7.82. The number of nitrogens with one attached hydrogen (secondary N) is 1. The third-order valence-electron chi connectivity index (χ3n) is 5.32. The second kappa shape index (κ2) is 6.92. The van der Waals surface area contributed by atoms with Gasteiger partial charge >= 0.3 is 0 Å². The molecule has 4 rings (SSSR count). The lowest BCUT2D eigenvalue weighted by atomic mass is 9.93. The normalized spacial score (nSPS) is 20.8. The molecule has 8 heteroatoms. The van der Waals surface area contributed by atoms with Gasteiger partial charge in [0, 0.05) is 32.7 Å². The Morgan fingerprint density at radius 1 is 1.26 bits per heavy atom. The fourth-order valence-corrected chi connectivity index (χ4v) is 4.93. The molecule has 0 aromatic heterocycles. The first kappa shape index (κ1) is 18.5. The van der Waals surface area contributed by atoms with E-state index in [9.17, 15) is 14.1 Å². The first-order valence-electron chi connectivity index (χ1n) is 9.16. The maximum absolute atomic E-state index is 13.0. The van der Waals surface area contributed by atoms with E-state index in [0.717, 1.165) is 22.9 Å². The van der Waals surface area contributed by atoms with Crippen LogP contribution in [0.4, 0.5) is 5.69 Å². The third kappa shape index (κ3) is 3.37. The van der Waals surface area contributed by atoms with E-state index in [0.29, 0.717) is 32.8 Å². The van der Waals surface area contributed by atoms with E-state index >= 15 is 0 Å². The predicted octanol–water partition coefficient (Wildman–Crippen LogP) is 0.986. The topological polar surface area (TPSA) is 82.1 Å². The van der Waals surface area contributed by atoms with Crippen LogP contribution in [0.3, 0.4) is 0 Å². The predicted molar refractivity (Wildman–Crippen MR) is 103 cm³/mol. The maximum atomic E-state index is 13.0. The zero-order valence-electron chi connectivity index (χ0n) is 15.7. The molecule has 146 valence electrons. The van der Waals surface area contributed by atoms with Crippen LogP contribution in [-0.4, -0.2) is 70.4 Å². The molecule has 1 atom stereocenters. The number of hydrogen-bond acceptors (Lipinski definition) is 5. The van der Waals surface area contributed by atoms with E-state index in [1.54, 1.807) is 18.7 Å². The molecule has 3 aliphatic rings. The van der Waals surface area contributed by atoms with Crippen molar-refractivity contribution in [1.82, 2.24) is 9.21 Å². The second-order valence-electron chi connectivity index (χ2n) is 7.89. The molecule has 0 spiro atoms. The van der Waals surface area contributed by atoms with Gasteiger partial charge in [-0.25, -0.2) is 8.51 Å². The van der Waals surface area contributed by atoms with Gasteiger partial charge in [0.15, 0.2) is 0 Å². The van der Waals surface area contributed by atoms with Crippen molar-refractivity contribution < 1.29 is 18.8 Å². The summed E-state index contributed by atoms with van der Waals surface area (Å²) in [5, 5.41) is 12.7. The Bertz CT molecular complexity index is 818. The quantitative estimate of drug-likeness (QED) is 0.748. The molecule has 0 fully saturated rings. The minimum Gasteiger partial charge on any atom is -0.490 e. The van der Waals surface area contributed by atoms with Crippen LogP contribution in [0.5, 0.6) is 5.75 Å². The fraction of sp³-hybridized carbons (Fsp3) is 0.526. The first-order chi connectivity index (χ1) is 12.9. The Labute approximate surface area is 161 Å². The molecule has 7 nitrogen and oxygen atoms in total. The maximum Gasteiger partial charge on any atom is 0.231 e. The summed E-state index contributed by atoms with van der Waals surface area (Å²) in [7, 11) is -1.25. The van der Waals surface area contributed by atoms with Crippen molar-refractivity contribution in [2.24, 2.45) is 5.41 Å². The molecule has 0 aliphatic carbocycles. The number of fused-ring (bicyclic) bond motifs is 1. The van der Waals surface area contributed by atoms with Crippen molar-refractivity contribution in [2.45, 2.75) is 18.7 Å². The second-order valence-corrected chi connectivity index (χ2v) is 9.38. The summed E-state index contributed by atoms with van der Waals surface area (Å²) in [5.41, 5.74) is 2.46. The molecule has 0 bridgehead atoms. The van der Waals surface area contributed by atoms with E-state index < -0.39 is 16.4 Å². The first-order valence-corrected chi connectivity index (χ1v) is 10.3. The van der Waals surface area contributed by atoms with Gasteiger partial charge in [0.25, 0.3) is 0 Å². The molecule has 0 radical (unpaired) electrons. The van der Waals surface area contributed by atoms with E-state index in [2.05, 4.69) is 5.32 Å². The van der Waals surface area contributed by atoms with Crippen molar-refractivity contribution in [3.05, 3.63) is 29.3 Å². The minimum atomic E-state index is -1.25. The number of aliphatic hydroxyl groups is 1. The highest BCUT2D eigenvalue weighted by atomic mass is 32.2. The zero-order chi connectivity index (χ0) is 19.2. The Morgan fingerprint density at radius 2 is 1.96 bits per heavy atom. The standard InChI is InChI=1S/C19H25N3O4S/c1-19(2,12-23)18(24)21-8-13-10-22(11-14(13)9-21)27(25)15-3-4-17-16(7-15)20-5-6-26-17/h3-4,7,20,23H,5-6,8-12H2,1-2H3. The number of amides is 1.